The van der Waals surface area contributed by atoms with Crippen LogP contribution in [0.25, 0.3) is 5.69 Å². The topological polar surface area (TPSA) is 57.0 Å². The summed E-state index contributed by atoms with van der Waals surface area (Å²) in [5, 5.41) is 7.89. The van der Waals surface area contributed by atoms with Crippen molar-refractivity contribution in [3.8, 4) is 5.69 Å². The monoisotopic (exact) mass is 323 g/mol. The number of aromatic nitrogens is 3. The molecule has 0 saturated carbocycles. The lowest BCUT2D eigenvalue weighted by atomic mass is 10.3. The highest BCUT2D eigenvalue weighted by Gasteiger charge is 2.19. The van der Waals surface area contributed by atoms with Crippen molar-refractivity contribution in [3.05, 3.63) is 40.1 Å². The quantitative estimate of drug-likeness (QED) is 0.815. The highest BCUT2D eigenvalue weighted by molar-refractivity contribution is 9.10. The van der Waals surface area contributed by atoms with E-state index in [4.69, 9.17) is 4.74 Å². The molecule has 0 fully saturated rings. The van der Waals surface area contributed by atoms with Gasteiger partial charge in [0.2, 0.25) is 0 Å². The number of halogens is 1. The molecule has 0 spiro atoms. The first-order valence-corrected chi connectivity index (χ1v) is 6.67. The minimum atomic E-state index is -0.448. The first-order valence-electron chi connectivity index (χ1n) is 5.88. The van der Waals surface area contributed by atoms with Crippen LogP contribution >= 0.6 is 15.9 Å². The Morgan fingerprint density at radius 3 is 2.53 bits per heavy atom. The fraction of sp³-hybridized carbons (Fsp3) is 0.308. The highest BCUT2D eigenvalue weighted by Crippen LogP contribution is 2.16. The van der Waals surface area contributed by atoms with Crippen LogP contribution in [-0.4, -0.2) is 27.1 Å². The molecule has 19 heavy (non-hydrogen) atoms. The molecular formula is C13H14BrN3O2. The van der Waals surface area contributed by atoms with Gasteiger partial charge in [-0.1, -0.05) is 21.1 Å². The fourth-order valence-corrected chi connectivity index (χ4v) is 1.88. The lowest BCUT2D eigenvalue weighted by Crippen LogP contribution is -2.13. The molecule has 6 heteroatoms. The van der Waals surface area contributed by atoms with Gasteiger partial charge in [-0.2, -0.15) is 0 Å². The molecule has 0 aliphatic heterocycles. The summed E-state index contributed by atoms with van der Waals surface area (Å²) in [7, 11) is 0. The van der Waals surface area contributed by atoms with E-state index >= 15 is 0 Å². The van der Waals surface area contributed by atoms with Crippen LogP contribution in [0.4, 0.5) is 0 Å². The lowest BCUT2D eigenvalue weighted by molar-refractivity contribution is 0.0370. The summed E-state index contributed by atoms with van der Waals surface area (Å²) in [6.07, 6.45) is -0.176. The van der Waals surface area contributed by atoms with Crippen molar-refractivity contribution in [2.75, 3.05) is 0 Å². The maximum Gasteiger partial charge on any atom is 0.361 e. The third kappa shape index (κ3) is 3.01. The second kappa shape index (κ2) is 5.52. The molecule has 0 N–H and O–H groups in total. The lowest BCUT2D eigenvalue weighted by Gasteiger charge is -2.06. The second-order valence-electron chi connectivity index (χ2n) is 4.37. The van der Waals surface area contributed by atoms with E-state index in [0.29, 0.717) is 5.69 Å². The third-order valence-electron chi connectivity index (χ3n) is 2.50. The number of hydrogen-bond acceptors (Lipinski definition) is 4. The molecule has 1 aromatic heterocycles. The Morgan fingerprint density at radius 1 is 1.32 bits per heavy atom. The number of hydrogen-bond donors (Lipinski definition) is 0. The molecule has 0 aliphatic carbocycles. The van der Waals surface area contributed by atoms with Gasteiger partial charge in [-0.15, -0.1) is 5.10 Å². The smallest absolute Gasteiger partial charge is 0.361 e. The number of ether oxygens (including phenoxy) is 1. The van der Waals surface area contributed by atoms with E-state index in [9.17, 15) is 4.79 Å². The van der Waals surface area contributed by atoms with E-state index in [-0.39, 0.29) is 11.8 Å². The molecule has 0 aliphatic rings. The highest BCUT2D eigenvalue weighted by atomic mass is 79.9. The van der Waals surface area contributed by atoms with Crippen molar-refractivity contribution in [3.63, 3.8) is 0 Å². The Labute approximate surface area is 119 Å². The van der Waals surface area contributed by atoms with Crippen molar-refractivity contribution in [1.82, 2.24) is 15.0 Å². The average molecular weight is 324 g/mol. The van der Waals surface area contributed by atoms with Gasteiger partial charge in [-0.25, -0.2) is 9.48 Å². The van der Waals surface area contributed by atoms with Crippen LogP contribution in [-0.2, 0) is 4.74 Å². The summed E-state index contributed by atoms with van der Waals surface area (Å²) in [4.78, 5) is 11.8. The Hall–Kier alpha value is -1.69. The molecule has 2 aromatic rings. The SMILES string of the molecule is Cc1c(C(=O)OC(C)C)nnn1-c1ccc(Br)cc1. The zero-order valence-electron chi connectivity index (χ0n) is 10.9. The predicted molar refractivity (Wildman–Crippen MR) is 74.3 cm³/mol. The van der Waals surface area contributed by atoms with Gasteiger partial charge in [-0.05, 0) is 45.0 Å². The summed E-state index contributed by atoms with van der Waals surface area (Å²) in [5.74, 6) is -0.448. The van der Waals surface area contributed by atoms with Gasteiger partial charge in [0.15, 0.2) is 5.69 Å². The molecule has 2 rings (SSSR count). The molecular weight excluding hydrogens is 310 g/mol. The summed E-state index contributed by atoms with van der Waals surface area (Å²) in [6.45, 7) is 5.39. The van der Waals surface area contributed by atoms with Crippen LogP contribution in [0.3, 0.4) is 0 Å². The first kappa shape index (κ1) is 13.7. The molecule has 5 nitrogen and oxygen atoms in total. The van der Waals surface area contributed by atoms with Crippen molar-refractivity contribution in [2.45, 2.75) is 26.9 Å². The zero-order chi connectivity index (χ0) is 14.0. The van der Waals surface area contributed by atoms with Gasteiger partial charge in [-0.3, -0.25) is 0 Å². The molecule has 1 aromatic carbocycles. The molecule has 100 valence electrons. The molecule has 0 bridgehead atoms. The number of nitrogens with zero attached hydrogens (tertiary/aromatic N) is 3. The number of carbonyl (C=O) groups is 1. The van der Waals surface area contributed by atoms with Gasteiger partial charge in [0, 0.05) is 4.47 Å². The van der Waals surface area contributed by atoms with Gasteiger partial charge in [0.25, 0.3) is 0 Å². The fourth-order valence-electron chi connectivity index (χ4n) is 1.62. The van der Waals surface area contributed by atoms with Crippen molar-refractivity contribution < 1.29 is 9.53 Å². The van der Waals surface area contributed by atoms with E-state index in [1.54, 1.807) is 25.5 Å². The van der Waals surface area contributed by atoms with E-state index < -0.39 is 5.97 Å². The van der Waals surface area contributed by atoms with Gasteiger partial charge < -0.3 is 4.74 Å². The Bertz CT molecular complexity index is 590. The average Bonchev–Trinajstić information content (AvgIpc) is 2.71. The van der Waals surface area contributed by atoms with Crippen molar-refractivity contribution in [1.29, 1.82) is 0 Å². The van der Waals surface area contributed by atoms with Gasteiger partial charge in [0.1, 0.15) is 0 Å². The first-order chi connectivity index (χ1) is 8.99. The number of rotatable bonds is 3. The third-order valence-corrected chi connectivity index (χ3v) is 3.03. The molecule has 0 radical (unpaired) electrons. The predicted octanol–water partition coefficient (Wildman–Crippen LogP) is 2.90. The number of carbonyl (C=O) groups excluding carboxylic acids is 1. The molecule has 1 heterocycles. The van der Waals surface area contributed by atoms with E-state index in [0.717, 1.165) is 10.2 Å². The number of esters is 1. The van der Waals surface area contributed by atoms with Crippen LogP contribution in [0, 0.1) is 6.92 Å². The maximum absolute atomic E-state index is 11.8. The minimum absolute atomic E-state index is 0.176. The van der Waals surface area contributed by atoms with E-state index in [1.807, 2.05) is 24.3 Å². The van der Waals surface area contributed by atoms with Crippen LogP contribution in [0.2, 0.25) is 0 Å². The molecule has 0 saturated heterocycles. The Balaban J connectivity index is 2.32. The van der Waals surface area contributed by atoms with E-state index in [1.165, 1.54) is 0 Å². The normalized spacial score (nSPS) is 10.8. The Kier molecular flexibility index (Phi) is 3.99. The van der Waals surface area contributed by atoms with Crippen molar-refractivity contribution >= 4 is 21.9 Å². The number of benzene rings is 1. The van der Waals surface area contributed by atoms with Crippen LogP contribution in [0.5, 0.6) is 0 Å². The van der Waals surface area contributed by atoms with Crippen LogP contribution in [0.1, 0.15) is 30.0 Å². The standard InChI is InChI=1S/C13H14BrN3O2/c1-8(2)19-13(18)12-9(3)17(16-15-12)11-6-4-10(14)5-7-11/h4-8H,1-3H3. The minimum Gasteiger partial charge on any atom is -0.458 e. The maximum atomic E-state index is 11.8. The molecule has 0 atom stereocenters. The second-order valence-corrected chi connectivity index (χ2v) is 5.28. The zero-order valence-corrected chi connectivity index (χ0v) is 12.5. The summed E-state index contributed by atoms with van der Waals surface area (Å²) < 4.78 is 7.72. The largest absolute Gasteiger partial charge is 0.458 e. The van der Waals surface area contributed by atoms with Gasteiger partial charge >= 0.3 is 5.97 Å². The van der Waals surface area contributed by atoms with Gasteiger partial charge in [0.05, 0.1) is 17.5 Å². The van der Waals surface area contributed by atoms with Crippen molar-refractivity contribution in [2.24, 2.45) is 0 Å². The summed E-state index contributed by atoms with van der Waals surface area (Å²) in [5.41, 5.74) is 1.75. The summed E-state index contributed by atoms with van der Waals surface area (Å²) >= 11 is 3.37. The Morgan fingerprint density at radius 2 is 1.95 bits per heavy atom. The molecule has 0 amide bonds. The summed E-state index contributed by atoms with van der Waals surface area (Å²) in [6, 6.07) is 7.60. The van der Waals surface area contributed by atoms with E-state index in [2.05, 4.69) is 26.2 Å². The molecule has 0 unspecified atom stereocenters. The van der Waals surface area contributed by atoms with Crippen LogP contribution < -0.4 is 0 Å². The van der Waals surface area contributed by atoms with Crippen LogP contribution in [0.15, 0.2) is 28.7 Å².